The zero-order chi connectivity index (χ0) is 10.1. The highest BCUT2D eigenvalue weighted by Gasteiger charge is 2.10. The van der Waals surface area contributed by atoms with Gasteiger partial charge in [-0.25, -0.2) is 4.79 Å². The predicted octanol–water partition coefficient (Wildman–Crippen LogP) is 1.42. The molecule has 0 fully saturated rings. The lowest BCUT2D eigenvalue weighted by molar-refractivity contribution is -0.278. The summed E-state index contributed by atoms with van der Waals surface area (Å²) < 4.78 is 0. The number of aliphatic hydroxyl groups is 1. The number of rotatable bonds is 7. The Balaban J connectivity index is 3.12. The van der Waals surface area contributed by atoms with Gasteiger partial charge in [0.25, 0.3) is 0 Å². The van der Waals surface area contributed by atoms with Gasteiger partial charge < -0.3 is 5.11 Å². The van der Waals surface area contributed by atoms with E-state index in [1.807, 2.05) is 0 Å². The van der Waals surface area contributed by atoms with E-state index in [2.05, 4.69) is 16.7 Å². The molecule has 0 radical (unpaired) electrons. The van der Waals surface area contributed by atoms with E-state index >= 15 is 0 Å². The Morgan fingerprint density at radius 3 is 2.62 bits per heavy atom. The third-order valence-corrected chi connectivity index (χ3v) is 1.56. The Hall–Kier alpha value is -0.610. The molecule has 0 rings (SSSR count). The fourth-order valence-corrected chi connectivity index (χ4v) is 0.757. The van der Waals surface area contributed by atoms with Crippen molar-refractivity contribution in [1.82, 2.24) is 0 Å². The summed E-state index contributed by atoms with van der Waals surface area (Å²) in [5.41, 5.74) is 0. The van der Waals surface area contributed by atoms with Crippen LogP contribution in [0.5, 0.6) is 0 Å². The van der Waals surface area contributed by atoms with Gasteiger partial charge in [-0.1, -0.05) is 26.2 Å². The van der Waals surface area contributed by atoms with Crippen molar-refractivity contribution < 1.29 is 19.7 Å². The fourth-order valence-electron chi connectivity index (χ4n) is 0.757. The summed E-state index contributed by atoms with van der Waals surface area (Å²) in [6.45, 7) is 3.86. The normalized spacial score (nSPS) is 12.5. The summed E-state index contributed by atoms with van der Waals surface area (Å²) >= 11 is 0. The van der Waals surface area contributed by atoms with Crippen LogP contribution in [0.4, 0.5) is 0 Å². The van der Waals surface area contributed by atoms with E-state index in [0.717, 1.165) is 25.7 Å². The van der Waals surface area contributed by atoms with Crippen molar-refractivity contribution in [2.75, 3.05) is 6.61 Å². The first-order chi connectivity index (χ1) is 6.18. The number of hydrogen-bond acceptors (Lipinski definition) is 4. The maximum absolute atomic E-state index is 10.6. The van der Waals surface area contributed by atoms with Crippen LogP contribution in [0.25, 0.3) is 0 Å². The lowest BCUT2D eigenvalue weighted by Gasteiger charge is -2.04. The van der Waals surface area contributed by atoms with Crippen molar-refractivity contribution in [3.8, 4) is 0 Å². The minimum Gasteiger partial charge on any atom is -0.382 e. The molecule has 0 aliphatic heterocycles. The first-order valence-electron chi connectivity index (χ1n) is 4.69. The second-order valence-corrected chi connectivity index (χ2v) is 2.96. The maximum Gasteiger partial charge on any atom is 0.370 e. The van der Waals surface area contributed by atoms with Crippen LogP contribution in [-0.2, 0) is 14.6 Å². The topological polar surface area (TPSA) is 55.8 Å². The van der Waals surface area contributed by atoms with E-state index < -0.39 is 12.1 Å². The van der Waals surface area contributed by atoms with Gasteiger partial charge in [-0.3, -0.25) is 4.89 Å². The smallest absolute Gasteiger partial charge is 0.370 e. The lowest BCUT2D eigenvalue weighted by atomic mass is 10.2. The minimum atomic E-state index is -1.12. The van der Waals surface area contributed by atoms with Gasteiger partial charge in [-0.2, -0.15) is 4.89 Å². The van der Waals surface area contributed by atoms with E-state index in [4.69, 9.17) is 5.11 Å². The number of carbonyl (C=O) groups excluding carboxylic acids is 1. The van der Waals surface area contributed by atoms with Crippen molar-refractivity contribution in [3.63, 3.8) is 0 Å². The quantitative estimate of drug-likeness (QED) is 0.375. The highest BCUT2D eigenvalue weighted by molar-refractivity contribution is 5.73. The number of carbonyl (C=O) groups is 1. The standard InChI is InChI=1S/C9H18O4/c1-3-4-5-6-7-12-13-9(11)8(2)10/h8,10H,3-7H2,1-2H3. The van der Waals surface area contributed by atoms with E-state index in [0.29, 0.717) is 6.61 Å². The van der Waals surface area contributed by atoms with Gasteiger partial charge in [-0.15, -0.1) is 0 Å². The van der Waals surface area contributed by atoms with Crippen LogP contribution in [0, 0.1) is 0 Å². The monoisotopic (exact) mass is 190 g/mol. The van der Waals surface area contributed by atoms with Gasteiger partial charge in [0, 0.05) is 0 Å². The fraction of sp³-hybridized carbons (Fsp3) is 0.889. The average molecular weight is 190 g/mol. The molecule has 1 atom stereocenters. The van der Waals surface area contributed by atoms with E-state index in [9.17, 15) is 4.79 Å². The Kier molecular flexibility index (Phi) is 7.63. The summed E-state index contributed by atoms with van der Waals surface area (Å²) in [4.78, 5) is 19.5. The molecule has 78 valence electrons. The van der Waals surface area contributed by atoms with Gasteiger partial charge in [-0.05, 0) is 13.3 Å². The number of aliphatic hydroxyl groups excluding tert-OH is 1. The van der Waals surface area contributed by atoms with Gasteiger partial charge in [0.15, 0.2) is 6.10 Å². The second kappa shape index (κ2) is 8.01. The Bertz CT molecular complexity index is 134. The third kappa shape index (κ3) is 7.74. The summed E-state index contributed by atoms with van der Waals surface area (Å²) in [5.74, 6) is -0.740. The maximum atomic E-state index is 10.6. The molecule has 0 amide bonds. The zero-order valence-corrected chi connectivity index (χ0v) is 8.28. The molecule has 0 aromatic heterocycles. The largest absolute Gasteiger partial charge is 0.382 e. The van der Waals surface area contributed by atoms with Crippen LogP contribution in [0.1, 0.15) is 39.5 Å². The molecule has 4 nitrogen and oxygen atoms in total. The van der Waals surface area contributed by atoms with Crippen molar-refractivity contribution in [3.05, 3.63) is 0 Å². The van der Waals surface area contributed by atoms with Gasteiger partial charge in [0.1, 0.15) is 0 Å². The number of unbranched alkanes of at least 4 members (excludes halogenated alkanes) is 3. The molecule has 0 aliphatic rings. The van der Waals surface area contributed by atoms with Crippen molar-refractivity contribution in [2.45, 2.75) is 45.6 Å². The molecular weight excluding hydrogens is 172 g/mol. The van der Waals surface area contributed by atoms with Crippen LogP contribution >= 0.6 is 0 Å². The molecule has 4 heteroatoms. The summed E-state index contributed by atoms with van der Waals surface area (Å²) in [5, 5.41) is 8.71. The van der Waals surface area contributed by atoms with Crippen LogP contribution in [0.2, 0.25) is 0 Å². The molecule has 13 heavy (non-hydrogen) atoms. The van der Waals surface area contributed by atoms with Crippen molar-refractivity contribution in [2.24, 2.45) is 0 Å². The van der Waals surface area contributed by atoms with Crippen LogP contribution in [0.3, 0.4) is 0 Å². The molecule has 0 spiro atoms. The van der Waals surface area contributed by atoms with Crippen LogP contribution in [-0.4, -0.2) is 23.8 Å². The SMILES string of the molecule is CCCCCCOOC(=O)C(C)O. The van der Waals surface area contributed by atoms with Gasteiger partial charge in [0.05, 0.1) is 6.61 Å². The second-order valence-electron chi connectivity index (χ2n) is 2.96. The molecule has 0 aromatic rings. The van der Waals surface area contributed by atoms with E-state index in [1.165, 1.54) is 6.92 Å². The lowest BCUT2D eigenvalue weighted by Crippen LogP contribution is -2.19. The van der Waals surface area contributed by atoms with E-state index in [1.54, 1.807) is 0 Å². The highest BCUT2D eigenvalue weighted by Crippen LogP contribution is 1.99. The van der Waals surface area contributed by atoms with Gasteiger partial charge in [0.2, 0.25) is 0 Å². The average Bonchev–Trinajstić information content (AvgIpc) is 2.10. The Morgan fingerprint density at radius 2 is 2.08 bits per heavy atom. The molecular formula is C9H18O4. The molecule has 1 N–H and O–H groups in total. The first kappa shape index (κ1) is 12.4. The molecule has 0 saturated carbocycles. The summed E-state index contributed by atoms with van der Waals surface area (Å²) in [6, 6.07) is 0. The molecule has 0 aromatic carbocycles. The first-order valence-corrected chi connectivity index (χ1v) is 4.69. The molecule has 0 aliphatic carbocycles. The molecule has 0 bridgehead atoms. The molecule has 0 saturated heterocycles. The summed E-state index contributed by atoms with van der Waals surface area (Å²) in [7, 11) is 0. The Labute approximate surface area is 78.8 Å². The van der Waals surface area contributed by atoms with E-state index in [-0.39, 0.29) is 0 Å². The van der Waals surface area contributed by atoms with Crippen molar-refractivity contribution >= 4 is 5.97 Å². The number of hydrogen-bond donors (Lipinski definition) is 1. The van der Waals surface area contributed by atoms with Crippen LogP contribution < -0.4 is 0 Å². The predicted molar refractivity (Wildman–Crippen MR) is 47.9 cm³/mol. The molecule has 0 heterocycles. The minimum absolute atomic E-state index is 0.401. The summed E-state index contributed by atoms with van der Waals surface area (Å²) in [6.07, 6.45) is 3.15. The molecule has 1 unspecified atom stereocenters. The zero-order valence-electron chi connectivity index (χ0n) is 8.28. The highest BCUT2D eigenvalue weighted by atomic mass is 17.2. The third-order valence-electron chi connectivity index (χ3n) is 1.56. The van der Waals surface area contributed by atoms with Gasteiger partial charge >= 0.3 is 5.97 Å². The Morgan fingerprint density at radius 1 is 1.38 bits per heavy atom. The van der Waals surface area contributed by atoms with Crippen molar-refractivity contribution in [1.29, 1.82) is 0 Å². The van der Waals surface area contributed by atoms with Crippen LogP contribution in [0.15, 0.2) is 0 Å².